The molecule has 9 heteroatoms. The average molecular weight is 432 g/mol. The van der Waals surface area contributed by atoms with Crippen LogP contribution in [0.25, 0.3) is 0 Å². The minimum Gasteiger partial charge on any atom is -0.465 e. The average Bonchev–Trinajstić information content (AvgIpc) is 2.82. The molecular formula is C22H33N5O4. The number of urea groups is 1. The topological polar surface area (TPSA) is 95.1 Å². The molecule has 0 spiro atoms. The number of hydrogen-bond acceptors (Lipinski definition) is 6. The van der Waals surface area contributed by atoms with Crippen LogP contribution in [0.3, 0.4) is 0 Å². The van der Waals surface area contributed by atoms with E-state index in [9.17, 15) is 14.4 Å². The van der Waals surface area contributed by atoms with Crippen molar-refractivity contribution in [2.75, 3.05) is 57.3 Å². The normalized spacial score (nSPS) is 19.1. The van der Waals surface area contributed by atoms with Gasteiger partial charge in [-0.25, -0.2) is 9.78 Å². The van der Waals surface area contributed by atoms with Crippen LogP contribution in [0.15, 0.2) is 24.4 Å². The zero-order chi connectivity index (χ0) is 22.1. The summed E-state index contributed by atoms with van der Waals surface area (Å²) in [6, 6.07) is 5.63. The highest BCUT2D eigenvalue weighted by molar-refractivity contribution is 5.81. The Labute approximate surface area is 183 Å². The van der Waals surface area contributed by atoms with Crippen LogP contribution in [0.2, 0.25) is 0 Å². The fourth-order valence-corrected chi connectivity index (χ4v) is 4.17. The molecule has 1 unspecified atom stereocenters. The largest absolute Gasteiger partial charge is 0.465 e. The van der Waals surface area contributed by atoms with E-state index in [-0.39, 0.29) is 18.5 Å². The molecule has 2 aliphatic rings. The first kappa shape index (κ1) is 22.8. The Morgan fingerprint density at radius 1 is 1.13 bits per heavy atom. The van der Waals surface area contributed by atoms with Gasteiger partial charge in [-0.1, -0.05) is 6.07 Å². The van der Waals surface area contributed by atoms with Crippen molar-refractivity contribution in [2.24, 2.45) is 5.92 Å². The highest BCUT2D eigenvalue weighted by atomic mass is 16.5. The second-order valence-electron chi connectivity index (χ2n) is 8.01. The number of ether oxygens (including phenoxy) is 1. The van der Waals surface area contributed by atoms with Crippen LogP contribution in [0.4, 0.5) is 10.6 Å². The van der Waals surface area contributed by atoms with Crippen molar-refractivity contribution in [1.29, 1.82) is 0 Å². The molecule has 3 heterocycles. The van der Waals surface area contributed by atoms with Crippen molar-refractivity contribution >= 4 is 23.7 Å². The van der Waals surface area contributed by atoms with Gasteiger partial charge in [0.2, 0.25) is 5.91 Å². The van der Waals surface area contributed by atoms with Crippen molar-refractivity contribution < 1.29 is 19.1 Å². The number of rotatable bonds is 7. The molecular weight excluding hydrogens is 398 g/mol. The molecule has 1 atom stereocenters. The fourth-order valence-electron chi connectivity index (χ4n) is 4.17. The van der Waals surface area contributed by atoms with Crippen LogP contribution in [-0.2, 0) is 14.3 Å². The van der Waals surface area contributed by atoms with Gasteiger partial charge in [0.1, 0.15) is 12.4 Å². The summed E-state index contributed by atoms with van der Waals surface area (Å²) in [5.74, 6) is 1.02. The maximum absolute atomic E-state index is 12.7. The Balaban J connectivity index is 1.37. The van der Waals surface area contributed by atoms with Crippen LogP contribution in [0, 0.1) is 5.92 Å². The highest BCUT2D eigenvalue weighted by Gasteiger charge is 2.26. The predicted molar refractivity (Wildman–Crippen MR) is 117 cm³/mol. The number of piperazine rings is 1. The van der Waals surface area contributed by atoms with Crippen molar-refractivity contribution in [3.8, 4) is 0 Å². The van der Waals surface area contributed by atoms with Gasteiger partial charge in [-0.05, 0) is 44.2 Å². The number of anilines is 1. The van der Waals surface area contributed by atoms with E-state index in [0.29, 0.717) is 45.1 Å². The van der Waals surface area contributed by atoms with Crippen molar-refractivity contribution in [1.82, 2.24) is 20.1 Å². The molecule has 9 nitrogen and oxygen atoms in total. The maximum atomic E-state index is 12.7. The third-order valence-corrected chi connectivity index (χ3v) is 5.87. The van der Waals surface area contributed by atoms with Gasteiger partial charge < -0.3 is 24.8 Å². The molecule has 2 aliphatic heterocycles. The summed E-state index contributed by atoms with van der Waals surface area (Å²) in [4.78, 5) is 46.7. The number of piperidine rings is 1. The van der Waals surface area contributed by atoms with E-state index in [2.05, 4.69) is 15.2 Å². The van der Waals surface area contributed by atoms with E-state index < -0.39 is 5.97 Å². The van der Waals surface area contributed by atoms with Crippen molar-refractivity contribution in [3.63, 3.8) is 0 Å². The summed E-state index contributed by atoms with van der Waals surface area (Å²) >= 11 is 0. The molecule has 0 aliphatic carbocycles. The second-order valence-corrected chi connectivity index (χ2v) is 8.01. The summed E-state index contributed by atoms with van der Waals surface area (Å²) in [5.41, 5.74) is 0. The zero-order valence-electron chi connectivity index (χ0n) is 18.3. The molecule has 0 radical (unpaired) electrons. The Morgan fingerprint density at radius 2 is 1.94 bits per heavy atom. The van der Waals surface area contributed by atoms with Crippen LogP contribution < -0.4 is 10.2 Å². The summed E-state index contributed by atoms with van der Waals surface area (Å²) in [5, 5.41) is 2.62. The lowest BCUT2D eigenvalue weighted by Crippen LogP contribution is -2.49. The number of likely N-dealkylation sites (tertiary alicyclic amines) is 1. The first-order valence-electron chi connectivity index (χ1n) is 11.2. The molecule has 2 saturated heterocycles. The molecule has 0 bridgehead atoms. The van der Waals surface area contributed by atoms with Gasteiger partial charge >= 0.3 is 12.0 Å². The monoisotopic (exact) mass is 431 g/mol. The molecule has 3 amide bonds. The lowest BCUT2D eigenvalue weighted by atomic mass is 9.93. The SMILES string of the molecule is CCOC(=O)CNC(=O)N1CCCC(CCC(=O)N2CCN(c3ccccn3)CC2)C1. The Kier molecular flexibility index (Phi) is 8.49. The van der Waals surface area contributed by atoms with E-state index >= 15 is 0 Å². The first-order chi connectivity index (χ1) is 15.1. The minimum absolute atomic E-state index is 0.114. The zero-order valence-corrected chi connectivity index (χ0v) is 18.3. The van der Waals surface area contributed by atoms with Crippen molar-refractivity contribution in [2.45, 2.75) is 32.6 Å². The quantitative estimate of drug-likeness (QED) is 0.658. The first-order valence-corrected chi connectivity index (χ1v) is 11.2. The number of carbonyl (C=O) groups excluding carboxylic acids is 3. The van der Waals surface area contributed by atoms with Gasteiger partial charge in [0.15, 0.2) is 0 Å². The van der Waals surface area contributed by atoms with Crippen LogP contribution in [0.1, 0.15) is 32.6 Å². The number of hydrogen-bond donors (Lipinski definition) is 1. The number of aromatic nitrogens is 1. The predicted octanol–water partition coefficient (Wildman–Crippen LogP) is 1.50. The third kappa shape index (κ3) is 6.83. The number of esters is 1. The highest BCUT2D eigenvalue weighted by Crippen LogP contribution is 2.22. The van der Waals surface area contributed by atoms with Gasteiger partial charge in [0.05, 0.1) is 6.61 Å². The summed E-state index contributed by atoms with van der Waals surface area (Å²) in [7, 11) is 0. The summed E-state index contributed by atoms with van der Waals surface area (Å²) in [6.07, 6.45) is 5.00. The minimum atomic E-state index is -0.432. The molecule has 3 rings (SSSR count). The lowest BCUT2D eigenvalue weighted by Gasteiger charge is -2.36. The number of nitrogens with zero attached hydrogens (tertiary/aromatic N) is 4. The molecule has 170 valence electrons. The third-order valence-electron chi connectivity index (χ3n) is 5.87. The number of amides is 3. The van der Waals surface area contributed by atoms with Gasteiger partial charge in [-0.3, -0.25) is 9.59 Å². The van der Waals surface area contributed by atoms with Gasteiger partial charge in [-0.15, -0.1) is 0 Å². The standard InChI is InChI=1S/C22H33N5O4/c1-2-31-21(29)16-24-22(30)27-11-5-6-18(17-27)8-9-20(28)26-14-12-25(13-15-26)19-7-3-4-10-23-19/h3-4,7,10,18H,2,5-6,8-9,11-17H2,1H3,(H,24,30). The fraction of sp³-hybridized carbons (Fsp3) is 0.636. The molecule has 0 saturated carbocycles. The van der Waals surface area contributed by atoms with Crippen LogP contribution in [0.5, 0.6) is 0 Å². The second kappa shape index (κ2) is 11.5. The van der Waals surface area contributed by atoms with E-state index in [1.165, 1.54) is 0 Å². The van der Waals surface area contributed by atoms with Crippen molar-refractivity contribution in [3.05, 3.63) is 24.4 Å². The van der Waals surface area contributed by atoms with Gasteiger partial charge in [0, 0.05) is 51.9 Å². The smallest absolute Gasteiger partial charge is 0.325 e. The lowest BCUT2D eigenvalue weighted by molar-refractivity contribution is -0.141. The van der Waals surface area contributed by atoms with E-state index in [4.69, 9.17) is 4.74 Å². The Hall–Kier alpha value is -2.84. The molecule has 1 N–H and O–H groups in total. The Bertz CT molecular complexity index is 737. The summed E-state index contributed by atoms with van der Waals surface area (Å²) < 4.78 is 4.83. The van der Waals surface area contributed by atoms with Crippen LogP contribution in [-0.4, -0.2) is 85.1 Å². The molecule has 1 aromatic heterocycles. The molecule has 0 aromatic carbocycles. The molecule has 2 fully saturated rings. The van der Waals surface area contributed by atoms with E-state index in [1.807, 2.05) is 23.1 Å². The summed E-state index contributed by atoms with van der Waals surface area (Å²) in [6.45, 7) is 6.22. The van der Waals surface area contributed by atoms with Gasteiger partial charge in [-0.2, -0.15) is 0 Å². The van der Waals surface area contributed by atoms with E-state index in [1.54, 1.807) is 18.0 Å². The van der Waals surface area contributed by atoms with E-state index in [0.717, 1.165) is 38.2 Å². The van der Waals surface area contributed by atoms with Gasteiger partial charge in [0.25, 0.3) is 0 Å². The molecule has 31 heavy (non-hydrogen) atoms. The van der Waals surface area contributed by atoms with Crippen LogP contribution >= 0.6 is 0 Å². The number of pyridine rings is 1. The number of carbonyl (C=O) groups is 3. The Morgan fingerprint density at radius 3 is 2.65 bits per heavy atom. The number of nitrogens with one attached hydrogen (secondary N) is 1. The molecule has 1 aromatic rings. The maximum Gasteiger partial charge on any atom is 0.325 e.